The number of carboxylic acid groups (broad SMARTS) is 1. The molecular formula is C24H25F3N6O4S. The Morgan fingerprint density at radius 3 is 2.63 bits per heavy atom. The van der Waals surface area contributed by atoms with Crippen LogP contribution in [0.5, 0.6) is 0 Å². The third-order valence-corrected chi connectivity index (χ3v) is 7.45. The fourth-order valence-corrected chi connectivity index (χ4v) is 5.28. The molecule has 4 rings (SSSR count). The van der Waals surface area contributed by atoms with E-state index in [1.165, 1.54) is 24.5 Å². The van der Waals surface area contributed by atoms with Crippen molar-refractivity contribution in [3.63, 3.8) is 0 Å². The standard InChI is InChI=1S/C24H25F3N6O4S/c1-32(2)20-4-3-15(12-30-20)38(37)31-18-6-8-33(22(18)34)19(23(35)36)10-14-9-13-5-7-29-21(28)16(13)11-17(14)24(25,26)27/h3-5,7,9,11-12,18-19,31H,6,8,10H2,1-2H3,(H2,28,29)(H,35,36). The van der Waals surface area contributed by atoms with Crippen molar-refractivity contribution >= 4 is 45.3 Å². The number of alkyl halides is 3. The molecule has 1 fully saturated rings. The third-order valence-electron chi connectivity index (χ3n) is 6.28. The predicted octanol–water partition coefficient (Wildman–Crippen LogP) is 2.21. The topological polar surface area (TPSA) is 142 Å². The van der Waals surface area contributed by atoms with Crippen molar-refractivity contribution in [1.29, 1.82) is 0 Å². The number of nitrogens with zero attached hydrogens (tertiary/aromatic N) is 4. The Balaban J connectivity index is 1.56. The first kappa shape index (κ1) is 27.3. The maximum atomic E-state index is 13.9. The van der Waals surface area contributed by atoms with E-state index in [-0.39, 0.29) is 29.7 Å². The van der Waals surface area contributed by atoms with Crippen LogP contribution in [-0.4, -0.2) is 68.8 Å². The number of benzene rings is 1. The summed E-state index contributed by atoms with van der Waals surface area (Å²) in [7, 11) is 1.77. The molecule has 3 heterocycles. The number of carbonyl (C=O) groups is 2. The van der Waals surface area contributed by atoms with Crippen LogP contribution in [0.25, 0.3) is 10.8 Å². The zero-order valence-electron chi connectivity index (χ0n) is 20.4. The summed E-state index contributed by atoms with van der Waals surface area (Å²) in [6, 6.07) is 4.24. The van der Waals surface area contributed by atoms with Gasteiger partial charge in [0.1, 0.15) is 34.7 Å². The predicted molar refractivity (Wildman–Crippen MR) is 135 cm³/mol. The fourth-order valence-electron chi connectivity index (χ4n) is 4.33. The average molecular weight is 551 g/mol. The largest absolute Gasteiger partial charge is 0.480 e. The molecule has 0 spiro atoms. The van der Waals surface area contributed by atoms with Crippen LogP contribution in [0.15, 0.2) is 47.6 Å². The number of hydrogen-bond donors (Lipinski definition) is 3. The Morgan fingerprint density at radius 2 is 2.03 bits per heavy atom. The first-order valence-electron chi connectivity index (χ1n) is 11.5. The Kier molecular flexibility index (Phi) is 7.56. The summed E-state index contributed by atoms with van der Waals surface area (Å²) in [6.45, 7) is -0.0334. The average Bonchev–Trinajstić information content (AvgIpc) is 3.20. The summed E-state index contributed by atoms with van der Waals surface area (Å²) in [5.41, 5.74) is 4.40. The van der Waals surface area contributed by atoms with Gasteiger partial charge < -0.3 is 20.6 Å². The van der Waals surface area contributed by atoms with Crippen LogP contribution < -0.4 is 15.4 Å². The van der Waals surface area contributed by atoms with Gasteiger partial charge in [-0.05, 0) is 41.6 Å². The zero-order chi connectivity index (χ0) is 27.8. The molecule has 4 N–H and O–H groups in total. The second-order valence-electron chi connectivity index (χ2n) is 8.99. The van der Waals surface area contributed by atoms with Gasteiger partial charge in [-0.3, -0.25) is 4.79 Å². The molecule has 1 saturated heterocycles. The summed E-state index contributed by atoms with van der Waals surface area (Å²) in [6.07, 6.45) is -2.51. The number of nitrogens with two attached hydrogens (primary N) is 1. The van der Waals surface area contributed by atoms with E-state index in [1.807, 2.05) is 0 Å². The van der Waals surface area contributed by atoms with Gasteiger partial charge in [-0.25, -0.2) is 23.7 Å². The van der Waals surface area contributed by atoms with Crippen molar-refractivity contribution in [3.05, 3.63) is 53.9 Å². The lowest BCUT2D eigenvalue weighted by molar-refractivity contribution is -0.149. The molecule has 3 unspecified atom stereocenters. The van der Waals surface area contributed by atoms with E-state index < -0.39 is 53.1 Å². The number of rotatable bonds is 8. The van der Waals surface area contributed by atoms with Crippen molar-refractivity contribution in [2.45, 2.75) is 36.0 Å². The third kappa shape index (κ3) is 5.55. The lowest BCUT2D eigenvalue weighted by Gasteiger charge is -2.26. The number of nitrogen functional groups attached to an aromatic ring is 1. The van der Waals surface area contributed by atoms with Crippen LogP contribution >= 0.6 is 0 Å². The summed E-state index contributed by atoms with van der Waals surface area (Å²) in [5, 5.41) is 10.3. The molecule has 1 aliphatic rings. The maximum Gasteiger partial charge on any atom is 0.416 e. The van der Waals surface area contributed by atoms with Crippen LogP contribution in [0.4, 0.5) is 24.8 Å². The van der Waals surface area contributed by atoms with Crippen LogP contribution in [0.2, 0.25) is 0 Å². The number of anilines is 2. The number of nitrogens with one attached hydrogen (secondary N) is 1. The molecule has 1 aromatic carbocycles. The molecule has 0 bridgehead atoms. The van der Waals surface area contributed by atoms with Crippen LogP contribution in [0.3, 0.4) is 0 Å². The quantitative estimate of drug-likeness (QED) is 0.388. The second kappa shape index (κ2) is 10.5. The van der Waals surface area contributed by atoms with Gasteiger partial charge in [0.25, 0.3) is 0 Å². The molecule has 0 saturated carbocycles. The number of pyridine rings is 2. The number of fused-ring (bicyclic) bond motifs is 1. The van der Waals surface area contributed by atoms with Crippen molar-refractivity contribution in [2.75, 3.05) is 31.3 Å². The molecule has 3 atom stereocenters. The number of halogens is 3. The fraction of sp³-hybridized carbons (Fsp3) is 0.333. The van der Waals surface area contributed by atoms with Gasteiger partial charge in [0.2, 0.25) is 5.91 Å². The number of carbonyl (C=O) groups excluding carboxylic acids is 1. The number of aliphatic carboxylic acids is 1. The summed E-state index contributed by atoms with van der Waals surface area (Å²) in [5.74, 6) is -1.56. The minimum atomic E-state index is -4.79. The Labute approximate surface area is 218 Å². The highest BCUT2D eigenvalue weighted by molar-refractivity contribution is 7.83. The SMILES string of the molecule is CN(C)c1ccc(S(=O)NC2CCN(C(Cc3cc4ccnc(N)c4cc3C(F)(F)F)C(=O)O)C2=O)cn1. The van der Waals surface area contributed by atoms with E-state index in [1.54, 1.807) is 31.1 Å². The molecule has 1 aliphatic heterocycles. The maximum absolute atomic E-state index is 13.9. The molecule has 1 amide bonds. The van der Waals surface area contributed by atoms with Gasteiger partial charge >= 0.3 is 12.1 Å². The molecule has 38 heavy (non-hydrogen) atoms. The lowest BCUT2D eigenvalue weighted by atomic mass is 9.95. The molecular weight excluding hydrogens is 525 g/mol. The van der Waals surface area contributed by atoms with Gasteiger partial charge in [0, 0.05) is 44.8 Å². The summed E-state index contributed by atoms with van der Waals surface area (Å²) in [4.78, 5) is 36.3. The minimum absolute atomic E-state index is 0.0334. The Morgan fingerprint density at radius 1 is 1.29 bits per heavy atom. The van der Waals surface area contributed by atoms with E-state index >= 15 is 0 Å². The van der Waals surface area contributed by atoms with Crippen LogP contribution in [0, 0.1) is 0 Å². The highest BCUT2D eigenvalue weighted by Gasteiger charge is 2.41. The van der Waals surface area contributed by atoms with E-state index in [0.29, 0.717) is 16.1 Å². The van der Waals surface area contributed by atoms with E-state index in [9.17, 15) is 32.1 Å². The van der Waals surface area contributed by atoms with Crippen LogP contribution in [0.1, 0.15) is 17.5 Å². The second-order valence-corrected chi connectivity index (χ2v) is 10.2. The van der Waals surface area contributed by atoms with Crippen LogP contribution in [-0.2, 0) is 33.2 Å². The number of aromatic nitrogens is 2. The number of hydrogen-bond acceptors (Lipinski definition) is 7. The number of amides is 1. The van der Waals surface area contributed by atoms with Gasteiger partial charge in [0.15, 0.2) is 0 Å². The Bertz CT molecular complexity index is 1400. The van der Waals surface area contributed by atoms with E-state index in [0.717, 1.165) is 11.0 Å². The highest BCUT2D eigenvalue weighted by Crippen LogP contribution is 2.37. The van der Waals surface area contributed by atoms with Crippen molar-refractivity contribution in [3.8, 4) is 0 Å². The van der Waals surface area contributed by atoms with Crippen molar-refractivity contribution in [1.82, 2.24) is 19.6 Å². The molecule has 14 heteroatoms. The summed E-state index contributed by atoms with van der Waals surface area (Å²) < 4.78 is 57.2. The zero-order valence-corrected chi connectivity index (χ0v) is 21.2. The first-order chi connectivity index (χ1) is 17.9. The molecule has 202 valence electrons. The molecule has 0 aliphatic carbocycles. The molecule has 2 aromatic heterocycles. The Hall–Kier alpha value is -3.78. The number of likely N-dealkylation sites (tertiary alicyclic amines) is 1. The highest BCUT2D eigenvalue weighted by atomic mass is 32.2. The smallest absolute Gasteiger partial charge is 0.416 e. The van der Waals surface area contributed by atoms with Gasteiger partial charge in [0.05, 0.1) is 10.5 Å². The normalized spacial score (nSPS) is 17.6. The minimum Gasteiger partial charge on any atom is -0.480 e. The van der Waals surface area contributed by atoms with Gasteiger partial charge in [-0.2, -0.15) is 13.2 Å². The lowest BCUT2D eigenvalue weighted by Crippen LogP contribution is -2.47. The van der Waals surface area contributed by atoms with Crippen molar-refractivity contribution in [2.24, 2.45) is 0 Å². The first-order valence-corrected chi connectivity index (χ1v) is 12.6. The van der Waals surface area contributed by atoms with E-state index in [2.05, 4.69) is 14.7 Å². The molecule has 3 aromatic rings. The summed E-state index contributed by atoms with van der Waals surface area (Å²) >= 11 is 0. The molecule has 0 radical (unpaired) electrons. The van der Waals surface area contributed by atoms with Crippen molar-refractivity contribution < 1.29 is 32.1 Å². The van der Waals surface area contributed by atoms with Gasteiger partial charge in [-0.15, -0.1) is 0 Å². The van der Waals surface area contributed by atoms with E-state index in [4.69, 9.17) is 5.73 Å². The number of carboxylic acids is 1. The monoisotopic (exact) mass is 550 g/mol. The molecule has 10 nitrogen and oxygen atoms in total. The van der Waals surface area contributed by atoms with Gasteiger partial charge in [-0.1, -0.05) is 6.07 Å².